The molecule has 0 fully saturated rings. The lowest BCUT2D eigenvalue weighted by Crippen LogP contribution is -2.24. The average molecular weight is 195 g/mol. The summed E-state index contributed by atoms with van der Waals surface area (Å²) in [6.07, 6.45) is 6.41. The zero-order chi connectivity index (χ0) is 10.7. The molecule has 1 aliphatic carbocycles. The molecule has 0 saturated carbocycles. The van der Waals surface area contributed by atoms with Crippen LogP contribution in [-0.4, -0.2) is 17.0 Å². The Morgan fingerprint density at radius 2 is 2.21 bits per heavy atom. The minimum Gasteiger partial charge on any atom is -0.624 e. The molecule has 1 aliphatic rings. The van der Waals surface area contributed by atoms with Crippen molar-refractivity contribution in [3.8, 4) is 0 Å². The number of rotatable bonds is 2. The van der Waals surface area contributed by atoms with Crippen molar-refractivity contribution in [2.45, 2.75) is 46.6 Å². The predicted octanol–water partition coefficient (Wildman–Crippen LogP) is 2.97. The third kappa shape index (κ3) is 2.86. The first kappa shape index (κ1) is 11.3. The molecule has 0 radical (unpaired) electrons. The number of hydrogen-bond donors (Lipinski definition) is 0. The Labute approximate surface area is 86.9 Å². The normalized spacial score (nSPS) is 29.2. The van der Waals surface area contributed by atoms with Crippen LogP contribution in [0.15, 0.2) is 11.6 Å². The van der Waals surface area contributed by atoms with Crippen LogP contribution in [0.1, 0.15) is 40.5 Å². The summed E-state index contributed by atoms with van der Waals surface area (Å²) in [5, 5.41) is 11.5. The second-order valence-electron chi connectivity index (χ2n) is 4.68. The van der Waals surface area contributed by atoms with Crippen LogP contribution in [0.5, 0.6) is 0 Å². The predicted molar refractivity (Wildman–Crippen MR) is 60.5 cm³/mol. The minimum atomic E-state index is 0.0641. The molecule has 0 bridgehead atoms. The van der Waals surface area contributed by atoms with Gasteiger partial charge in [-0.2, -0.15) is 0 Å². The van der Waals surface area contributed by atoms with Crippen molar-refractivity contribution in [3.63, 3.8) is 0 Å². The molecule has 14 heavy (non-hydrogen) atoms. The van der Waals surface area contributed by atoms with Crippen molar-refractivity contribution in [2.75, 3.05) is 0 Å². The van der Waals surface area contributed by atoms with Crippen molar-refractivity contribution < 1.29 is 4.74 Å². The Bertz CT molecular complexity index is 253. The van der Waals surface area contributed by atoms with Gasteiger partial charge in [0.2, 0.25) is 0 Å². The molecule has 2 heteroatoms. The van der Waals surface area contributed by atoms with Crippen LogP contribution < -0.4 is 0 Å². The molecule has 0 aromatic carbocycles. The zero-order valence-electron chi connectivity index (χ0n) is 9.66. The highest BCUT2D eigenvalue weighted by atomic mass is 16.5. The van der Waals surface area contributed by atoms with E-state index in [0.717, 1.165) is 17.6 Å². The van der Waals surface area contributed by atoms with Gasteiger partial charge in [0.15, 0.2) is 12.3 Å². The molecule has 0 aliphatic heterocycles. The Balaban J connectivity index is 2.67. The van der Waals surface area contributed by atoms with Gasteiger partial charge in [-0.15, -0.1) is 0 Å². The lowest BCUT2D eigenvalue weighted by Gasteiger charge is -2.23. The van der Waals surface area contributed by atoms with Gasteiger partial charge in [0.05, 0.1) is 0 Å². The van der Waals surface area contributed by atoms with E-state index in [1.807, 2.05) is 20.1 Å². The van der Waals surface area contributed by atoms with Crippen molar-refractivity contribution in [3.05, 3.63) is 16.9 Å². The van der Waals surface area contributed by atoms with Crippen LogP contribution in [-0.2, 0) is 0 Å². The maximum absolute atomic E-state index is 11.5. The van der Waals surface area contributed by atoms with Gasteiger partial charge in [0.1, 0.15) is 0 Å². The topological polar surface area (TPSA) is 26.1 Å². The third-order valence-corrected chi connectivity index (χ3v) is 2.94. The summed E-state index contributed by atoms with van der Waals surface area (Å²) < 4.78 is 1.09. The van der Waals surface area contributed by atoms with Gasteiger partial charge in [-0.3, -0.25) is 0 Å². The fraction of sp³-hybridized carbons (Fsp3) is 0.750. The Kier molecular flexibility index (Phi) is 3.73. The maximum Gasteiger partial charge on any atom is 0.157 e. The number of nitrogens with zero attached hydrogens (tertiary/aromatic N) is 1. The molecule has 0 saturated heterocycles. The van der Waals surface area contributed by atoms with Crippen LogP contribution in [0.2, 0.25) is 0 Å². The van der Waals surface area contributed by atoms with Gasteiger partial charge < -0.3 is 5.21 Å². The second kappa shape index (κ2) is 4.63. The van der Waals surface area contributed by atoms with Crippen LogP contribution in [0.3, 0.4) is 0 Å². The molecule has 0 aromatic rings. The minimum absolute atomic E-state index is 0.0641. The quantitative estimate of drug-likeness (QED) is 0.219. The fourth-order valence-corrected chi connectivity index (χ4v) is 1.88. The number of hydrogen-bond acceptors (Lipinski definition) is 1. The number of allylic oxidation sites excluding steroid dienone is 2. The van der Waals surface area contributed by atoms with Gasteiger partial charge in [-0.1, -0.05) is 18.6 Å². The molecule has 2 atom stereocenters. The van der Waals surface area contributed by atoms with E-state index in [4.69, 9.17) is 0 Å². The fourth-order valence-electron chi connectivity index (χ4n) is 1.88. The van der Waals surface area contributed by atoms with Gasteiger partial charge in [-0.25, -0.2) is 4.74 Å². The first-order valence-electron chi connectivity index (χ1n) is 5.48. The highest BCUT2D eigenvalue weighted by Crippen LogP contribution is 2.26. The van der Waals surface area contributed by atoms with E-state index in [9.17, 15) is 5.21 Å². The van der Waals surface area contributed by atoms with Gasteiger partial charge in [0, 0.05) is 5.92 Å². The van der Waals surface area contributed by atoms with Crippen LogP contribution >= 0.6 is 0 Å². The van der Waals surface area contributed by atoms with E-state index in [1.54, 1.807) is 0 Å². The van der Waals surface area contributed by atoms with Crippen molar-refractivity contribution in [1.29, 1.82) is 0 Å². The standard InChI is InChI=1S/C12H21NO/c1-9(2)13(14)8-12-6-5-10(3)7-11(12)4/h7-9,11-12H,5-6H2,1-4H3. The smallest absolute Gasteiger partial charge is 0.157 e. The van der Waals surface area contributed by atoms with Gasteiger partial charge in [0.25, 0.3) is 0 Å². The third-order valence-electron chi connectivity index (χ3n) is 2.94. The summed E-state index contributed by atoms with van der Waals surface area (Å²) in [6.45, 7) is 8.22. The first-order chi connectivity index (χ1) is 6.50. The van der Waals surface area contributed by atoms with Crippen LogP contribution in [0, 0.1) is 17.0 Å². The molecular weight excluding hydrogens is 174 g/mol. The molecule has 0 amide bonds. The molecule has 2 unspecified atom stereocenters. The molecule has 80 valence electrons. The first-order valence-corrected chi connectivity index (χ1v) is 5.48. The lowest BCUT2D eigenvalue weighted by atomic mass is 9.83. The van der Waals surface area contributed by atoms with E-state index < -0.39 is 0 Å². The summed E-state index contributed by atoms with van der Waals surface area (Å²) in [5.41, 5.74) is 1.46. The Hall–Kier alpha value is -0.790. The highest BCUT2D eigenvalue weighted by Gasteiger charge is 2.21. The maximum atomic E-state index is 11.5. The Morgan fingerprint density at radius 3 is 2.71 bits per heavy atom. The molecular formula is C12H21NO. The average Bonchev–Trinajstić information content (AvgIpc) is 2.09. The lowest BCUT2D eigenvalue weighted by molar-refractivity contribution is -0.490. The second-order valence-corrected chi connectivity index (χ2v) is 4.68. The van der Waals surface area contributed by atoms with E-state index >= 15 is 0 Å². The molecule has 0 heterocycles. The summed E-state index contributed by atoms with van der Waals surface area (Å²) in [4.78, 5) is 0. The van der Waals surface area contributed by atoms with E-state index in [-0.39, 0.29) is 6.04 Å². The molecule has 1 rings (SSSR count). The Morgan fingerprint density at radius 1 is 1.57 bits per heavy atom. The van der Waals surface area contributed by atoms with Crippen LogP contribution in [0.4, 0.5) is 0 Å². The van der Waals surface area contributed by atoms with Crippen molar-refractivity contribution in [1.82, 2.24) is 0 Å². The van der Waals surface area contributed by atoms with Gasteiger partial charge >= 0.3 is 0 Å². The van der Waals surface area contributed by atoms with E-state index in [2.05, 4.69) is 19.9 Å². The van der Waals surface area contributed by atoms with Crippen molar-refractivity contribution >= 4 is 6.21 Å². The SMILES string of the molecule is CC1=CC(C)C(C=[N+]([O-])C(C)C)CC1. The van der Waals surface area contributed by atoms with Crippen molar-refractivity contribution in [2.24, 2.45) is 11.8 Å². The monoisotopic (exact) mass is 195 g/mol. The largest absolute Gasteiger partial charge is 0.624 e. The van der Waals surface area contributed by atoms with E-state index in [0.29, 0.717) is 11.8 Å². The summed E-state index contributed by atoms with van der Waals surface area (Å²) >= 11 is 0. The summed E-state index contributed by atoms with van der Waals surface area (Å²) in [5.74, 6) is 0.942. The summed E-state index contributed by atoms with van der Waals surface area (Å²) in [7, 11) is 0. The zero-order valence-corrected chi connectivity index (χ0v) is 9.66. The highest BCUT2D eigenvalue weighted by molar-refractivity contribution is 5.57. The number of hydroxylamine groups is 1. The summed E-state index contributed by atoms with van der Waals surface area (Å²) in [6, 6.07) is 0.0641. The molecule has 0 N–H and O–H groups in total. The van der Waals surface area contributed by atoms with Crippen LogP contribution in [0.25, 0.3) is 0 Å². The van der Waals surface area contributed by atoms with Gasteiger partial charge in [-0.05, 0) is 39.5 Å². The molecule has 0 aromatic heterocycles. The van der Waals surface area contributed by atoms with E-state index in [1.165, 1.54) is 5.57 Å². The molecule has 0 spiro atoms. The molecule has 2 nitrogen and oxygen atoms in total.